The number of rotatable bonds is 3. The summed E-state index contributed by atoms with van der Waals surface area (Å²) in [4.78, 5) is 19.5. The number of aryl methyl sites for hydroxylation is 1. The summed E-state index contributed by atoms with van der Waals surface area (Å²) in [6.45, 7) is 3.50. The maximum Gasteiger partial charge on any atom is 0.229 e. The van der Waals surface area contributed by atoms with E-state index in [0.717, 1.165) is 46.0 Å². The first-order chi connectivity index (χ1) is 12.6. The minimum atomic E-state index is -0.248. The molecule has 1 fully saturated rings. The van der Waals surface area contributed by atoms with Crippen molar-refractivity contribution >= 4 is 38.3 Å². The number of amides is 1. The summed E-state index contributed by atoms with van der Waals surface area (Å²) in [6.07, 6.45) is 1.81. The Hall–Kier alpha value is -2.47. The molecule has 2 heterocycles. The van der Waals surface area contributed by atoms with Crippen molar-refractivity contribution in [3.8, 4) is 0 Å². The maximum absolute atomic E-state index is 13.4. The second-order valence-corrected chi connectivity index (χ2v) is 7.71. The number of carbonyl (C=O) groups is 1. The number of anilines is 2. The molecule has 4 rings (SSSR count). The Morgan fingerprint density at radius 2 is 2.15 bits per heavy atom. The molecule has 3 aromatic rings. The zero-order chi connectivity index (χ0) is 18.1. The number of aromatic nitrogens is 1. The van der Waals surface area contributed by atoms with E-state index < -0.39 is 0 Å². The fraction of sp³-hybridized carbons (Fsp3) is 0.300. The van der Waals surface area contributed by atoms with Crippen LogP contribution in [0.25, 0.3) is 10.2 Å². The lowest BCUT2D eigenvalue weighted by molar-refractivity contribution is -0.120. The van der Waals surface area contributed by atoms with Gasteiger partial charge in [-0.05, 0) is 49.6 Å². The molecule has 1 saturated heterocycles. The van der Waals surface area contributed by atoms with Crippen LogP contribution in [-0.2, 0) is 4.79 Å². The van der Waals surface area contributed by atoms with Crippen molar-refractivity contribution in [2.45, 2.75) is 19.8 Å². The summed E-state index contributed by atoms with van der Waals surface area (Å²) in [7, 11) is 0. The second kappa shape index (κ2) is 7.03. The molecular formula is C20H20FN3OS. The van der Waals surface area contributed by atoms with Gasteiger partial charge in [-0.15, -0.1) is 0 Å². The summed E-state index contributed by atoms with van der Waals surface area (Å²) in [6, 6.07) is 12.5. The molecule has 0 aliphatic carbocycles. The van der Waals surface area contributed by atoms with E-state index in [9.17, 15) is 9.18 Å². The number of hydrogen-bond acceptors (Lipinski definition) is 4. The lowest BCUT2D eigenvalue weighted by Crippen LogP contribution is -2.40. The van der Waals surface area contributed by atoms with Crippen molar-refractivity contribution in [2.24, 2.45) is 5.92 Å². The van der Waals surface area contributed by atoms with Gasteiger partial charge in [-0.3, -0.25) is 4.79 Å². The zero-order valence-electron chi connectivity index (χ0n) is 14.5. The predicted molar refractivity (Wildman–Crippen MR) is 104 cm³/mol. The average molecular weight is 369 g/mol. The van der Waals surface area contributed by atoms with Crippen LogP contribution in [0, 0.1) is 18.7 Å². The van der Waals surface area contributed by atoms with Crippen LogP contribution in [0.3, 0.4) is 0 Å². The Balaban J connectivity index is 1.49. The van der Waals surface area contributed by atoms with Crippen molar-refractivity contribution in [3.63, 3.8) is 0 Å². The molecule has 1 atom stereocenters. The summed E-state index contributed by atoms with van der Waals surface area (Å²) >= 11 is 1.48. The Bertz CT molecular complexity index is 955. The highest BCUT2D eigenvalue weighted by Gasteiger charge is 2.27. The minimum absolute atomic E-state index is 0.0520. The Kier molecular flexibility index (Phi) is 4.59. The first-order valence-electron chi connectivity index (χ1n) is 8.78. The SMILES string of the molecule is Cc1ccccc1NC(=O)C1CCCN(c2nc3ccc(F)cc3s2)C1. The molecule has 1 N–H and O–H groups in total. The van der Waals surface area contributed by atoms with E-state index in [4.69, 9.17) is 0 Å². The molecule has 1 aliphatic rings. The van der Waals surface area contributed by atoms with Crippen molar-refractivity contribution in [1.82, 2.24) is 4.98 Å². The number of carbonyl (C=O) groups excluding carboxylic acids is 1. The summed E-state index contributed by atoms with van der Waals surface area (Å²) in [5, 5.41) is 3.91. The molecule has 1 unspecified atom stereocenters. The van der Waals surface area contributed by atoms with Crippen molar-refractivity contribution in [1.29, 1.82) is 0 Å². The number of benzene rings is 2. The van der Waals surface area contributed by atoms with Gasteiger partial charge in [0.25, 0.3) is 0 Å². The molecule has 2 aromatic carbocycles. The fourth-order valence-electron chi connectivity index (χ4n) is 3.33. The first kappa shape index (κ1) is 17.0. The third kappa shape index (κ3) is 3.42. The Labute approximate surface area is 155 Å². The van der Waals surface area contributed by atoms with Gasteiger partial charge < -0.3 is 10.2 Å². The zero-order valence-corrected chi connectivity index (χ0v) is 15.4. The number of piperidine rings is 1. The van der Waals surface area contributed by atoms with Crippen molar-refractivity contribution in [3.05, 3.63) is 53.8 Å². The van der Waals surface area contributed by atoms with E-state index in [1.165, 1.54) is 23.5 Å². The van der Waals surface area contributed by atoms with Gasteiger partial charge in [0, 0.05) is 18.8 Å². The average Bonchev–Trinajstić information content (AvgIpc) is 3.07. The van der Waals surface area contributed by atoms with E-state index in [1.54, 1.807) is 6.07 Å². The van der Waals surface area contributed by atoms with Gasteiger partial charge in [-0.25, -0.2) is 9.37 Å². The number of nitrogens with one attached hydrogen (secondary N) is 1. The smallest absolute Gasteiger partial charge is 0.229 e. The van der Waals surface area contributed by atoms with Crippen LogP contribution in [0.5, 0.6) is 0 Å². The lowest BCUT2D eigenvalue weighted by Gasteiger charge is -2.31. The molecule has 0 spiro atoms. The van der Waals surface area contributed by atoms with Crippen LogP contribution in [0.15, 0.2) is 42.5 Å². The number of thiazole rings is 1. The molecular weight excluding hydrogens is 349 g/mol. The molecule has 26 heavy (non-hydrogen) atoms. The van der Waals surface area contributed by atoms with E-state index in [1.807, 2.05) is 31.2 Å². The first-order valence-corrected chi connectivity index (χ1v) is 9.59. The number of nitrogens with zero attached hydrogens (tertiary/aromatic N) is 2. The quantitative estimate of drug-likeness (QED) is 0.734. The van der Waals surface area contributed by atoms with Crippen LogP contribution in [0.4, 0.5) is 15.2 Å². The van der Waals surface area contributed by atoms with Gasteiger partial charge in [-0.2, -0.15) is 0 Å². The summed E-state index contributed by atoms with van der Waals surface area (Å²) in [5.41, 5.74) is 2.73. The van der Waals surface area contributed by atoms with Crippen LogP contribution in [0.2, 0.25) is 0 Å². The molecule has 1 aromatic heterocycles. The molecule has 0 radical (unpaired) electrons. The molecule has 4 nitrogen and oxygen atoms in total. The fourth-order valence-corrected chi connectivity index (χ4v) is 4.36. The van der Waals surface area contributed by atoms with E-state index in [2.05, 4.69) is 15.2 Å². The van der Waals surface area contributed by atoms with Crippen LogP contribution in [-0.4, -0.2) is 24.0 Å². The Morgan fingerprint density at radius 3 is 3.00 bits per heavy atom. The van der Waals surface area contributed by atoms with Crippen LogP contribution >= 0.6 is 11.3 Å². The van der Waals surface area contributed by atoms with Crippen molar-refractivity contribution in [2.75, 3.05) is 23.3 Å². The van der Waals surface area contributed by atoms with E-state index in [-0.39, 0.29) is 17.6 Å². The lowest BCUT2D eigenvalue weighted by atomic mass is 9.97. The predicted octanol–water partition coefficient (Wildman–Crippen LogP) is 4.60. The highest BCUT2D eigenvalue weighted by atomic mass is 32.1. The molecule has 0 bridgehead atoms. The van der Waals surface area contributed by atoms with Gasteiger partial charge in [0.15, 0.2) is 5.13 Å². The number of halogens is 1. The topological polar surface area (TPSA) is 45.2 Å². The molecule has 6 heteroatoms. The monoisotopic (exact) mass is 369 g/mol. The minimum Gasteiger partial charge on any atom is -0.347 e. The van der Waals surface area contributed by atoms with Crippen LogP contribution in [0.1, 0.15) is 18.4 Å². The molecule has 1 aliphatic heterocycles. The maximum atomic E-state index is 13.4. The van der Waals surface area contributed by atoms with Gasteiger partial charge in [0.2, 0.25) is 5.91 Å². The third-order valence-electron chi connectivity index (χ3n) is 4.80. The molecule has 0 saturated carbocycles. The van der Waals surface area contributed by atoms with E-state index >= 15 is 0 Å². The molecule has 134 valence electrons. The Morgan fingerprint density at radius 1 is 1.31 bits per heavy atom. The number of hydrogen-bond donors (Lipinski definition) is 1. The normalized spacial score (nSPS) is 17.5. The van der Waals surface area contributed by atoms with Gasteiger partial charge >= 0.3 is 0 Å². The summed E-state index contributed by atoms with van der Waals surface area (Å²) in [5.74, 6) is -0.273. The number of fused-ring (bicyclic) bond motifs is 1. The highest BCUT2D eigenvalue weighted by Crippen LogP contribution is 2.32. The molecule has 1 amide bonds. The highest BCUT2D eigenvalue weighted by molar-refractivity contribution is 7.22. The van der Waals surface area contributed by atoms with Gasteiger partial charge in [-0.1, -0.05) is 29.5 Å². The number of para-hydroxylation sites is 1. The van der Waals surface area contributed by atoms with Gasteiger partial charge in [0.1, 0.15) is 5.82 Å². The summed E-state index contributed by atoms with van der Waals surface area (Å²) < 4.78 is 14.2. The third-order valence-corrected chi connectivity index (χ3v) is 5.88. The van der Waals surface area contributed by atoms with E-state index in [0.29, 0.717) is 6.54 Å². The largest absolute Gasteiger partial charge is 0.347 e. The van der Waals surface area contributed by atoms with Crippen molar-refractivity contribution < 1.29 is 9.18 Å². The second-order valence-electron chi connectivity index (χ2n) is 6.70. The standard InChI is InChI=1S/C20H20FN3OS/c1-13-5-2-3-7-16(13)22-19(25)14-6-4-10-24(12-14)20-23-17-9-8-15(21)11-18(17)26-20/h2-3,5,7-9,11,14H,4,6,10,12H2,1H3,(H,22,25). The van der Waals surface area contributed by atoms with Gasteiger partial charge in [0.05, 0.1) is 16.1 Å². The van der Waals surface area contributed by atoms with Crippen LogP contribution < -0.4 is 10.2 Å².